The fourth-order valence-electron chi connectivity index (χ4n) is 5.96. The average molecular weight is 760 g/mol. The Morgan fingerprint density at radius 2 is 1.56 bits per heavy atom. The Morgan fingerprint density at radius 3 is 2.30 bits per heavy atom. The summed E-state index contributed by atoms with van der Waals surface area (Å²) < 4.78 is 32.6. The summed E-state index contributed by atoms with van der Waals surface area (Å²) in [7, 11) is 1.50. The maximum Gasteiger partial charge on any atom is 0.301 e. The molecule has 1 aromatic heterocycles. The van der Waals surface area contributed by atoms with Crippen molar-refractivity contribution in [3.8, 4) is 17.2 Å². The Bertz CT molecular complexity index is 2330. The maximum atomic E-state index is 14.3. The molecule has 54 heavy (non-hydrogen) atoms. The molecule has 5 aromatic carbocycles. The van der Waals surface area contributed by atoms with Crippen LogP contribution in [0.5, 0.6) is 17.2 Å². The number of rotatable bonds is 13. The van der Waals surface area contributed by atoms with E-state index in [1.807, 2.05) is 61.5 Å². The summed E-state index contributed by atoms with van der Waals surface area (Å²) in [6, 6.07) is 34.7. The summed E-state index contributed by atoms with van der Waals surface area (Å²) in [5.41, 5.74) is 4.25. The number of ether oxygens (including phenoxy) is 3. The number of amides is 1. The van der Waals surface area contributed by atoms with Gasteiger partial charge in [-0.25, -0.2) is 4.39 Å². The molecule has 1 N–H and O–H groups in total. The Morgan fingerprint density at radius 1 is 0.833 bits per heavy atom. The molecule has 272 valence electrons. The van der Waals surface area contributed by atoms with Gasteiger partial charge in [-0.2, -0.15) is 0 Å². The molecule has 1 fully saturated rings. The van der Waals surface area contributed by atoms with Crippen LogP contribution >= 0.6 is 23.1 Å². The van der Waals surface area contributed by atoms with E-state index in [0.717, 1.165) is 28.0 Å². The third-order valence-electron chi connectivity index (χ3n) is 8.88. The third-order valence-corrected chi connectivity index (χ3v) is 11.0. The molecule has 0 radical (unpaired) electrons. The number of benzene rings is 5. The molecule has 0 spiro atoms. The van der Waals surface area contributed by atoms with Gasteiger partial charge in [0.25, 0.3) is 5.78 Å². The number of hydrogen-bond donors (Lipinski definition) is 1. The molecule has 0 aliphatic carbocycles. The highest BCUT2D eigenvalue weighted by Crippen LogP contribution is 2.46. The van der Waals surface area contributed by atoms with Crippen molar-refractivity contribution in [1.29, 1.82) is 0 Å². The molecule has 1 saturated heterocycles. The topological polar surface area (TPSA) is 111 Å². The third kappa shape index (κ3) is 7.85. The fourth-order valence-corrected chi connectivity index (χ4v) is 7.82. The lowest BCUT2D eigenvalue weighted by atomic mass is 9.95. The lowest BCUT2D eigenvalue weighted by Crippen LogP contribution is -2.29. The Hall–Kier alpha value is -5.98. The quantitative estimate of drug-likeness (QED) is 0.0405. The van der Waals surface area contributed by atoms with Gasteiger partial charge in [0, 0.05) is 11.3 Å². The number of nitrogens with zero attached hydrogens (tertiary/aromatic N) is 3. The first-order chi connectivity index (χ1) is 26.3. The number of carbonyl (C=O) groups is 2. The van der Waals surface area contributed by atoms with Crippen LogP contribution in [0.1, 0.15) is 39.4 Å². The number of thioether (sulfide) groups is 1. The largest absolute Gasteiger partial charge is 0.507 e. The molecule has 0 bridgehead atoms. The number of aliphatic hydroxyl groups excluding tert-OH is 1. The van der Waals surface area contributed by atoms with Crippen molar-refractivity contribution >= 4 is 45.7 Å². The van der Waals surface area contributed by atoms with E-state index in [-0.39, 0.29) is 34.6 Å². The predicted molar refractivity (Wildman–Crippen MR) is 206 cm³/mol. The van der Waals surface area contributed by atoms with E-state index in [1.165, 1.54) is 29.8 Å². The number of carbonyl (C=O) groups excluding carboxylic acids is 2. The van der Waals surface area contributed by atoms with Crippen LogP contribution in [0.15, 0.2) is 131 Å². The van der Waals surface area contributed by atoms with Crippen LogP contribution in [-0.4, -0.2) is 34.1 Å². The fraction of sp³-hybridized carbons (Fsp3) is 0.143. The van der Waals surface area contributed by atoms with Gasteiger partial charge < -0.3 is 19.3 Å². The van der Waals surface area contributed by atoms with Crippen molar-refractivity contribution in [3.05, 3.63) is 166 Å². The van der Waals surface area contributed by atoms with E-state index in [0.29, 0.717) is 44.9 Å². The van der Waals surface area contributed by atoms with Crippen molar-refractivity contribution < 1.29 is 33.3 Å². The number of Topliss-reactive ketones (excluding diaryl/α,β-unsaturated/α-hetero) is 1. The smallest absolute Gasteiger partial charge is 0.301 e. The second-order valence-electron chi connectivity index (χ2n) is 12.3. The predicted octanol–water partition coefficient (Wildman–Crippen LogP) is 9.07. The molecule has 1 atom stereocenters. The van der Waals surface area contributed by atoms with Crippen LogP contribution in [0.25, 0.3) is 5.76 Å². The van der Waals surface area contributed by atoms with Gasteiger partial charge in [0.2, 0.25) is 5.13 Å². The Kier molecular flexibility index (Phi) is 11.0. The second-order valence-corrected chi connectivity index (χ2v) is 14.5. The maximum absolute atomic E-state index is 14.3. The van der Waals surface area contributed by atoms with Gasteiger partial charge in [-0.1, -0.05) is 102 Å². The minimum atomic E-state index is -1.10. The van der Waals surface area contributed by atoms with Gasteiger partial charge in [0.15, 0.2) is 15.8 Å². The van der Waals surface area contributed by atoms with E-state index in [4.69, 9.17) is 14.2 Å². The lowest BCUT2D eigenvalue weighted by molar-refractivity contribution is -0.132. The van der Waals surface area contributed by atoms with E-state index in [2.05, 4.69) is 10.2 Å². The van der Waals surface area contributed by atoms with Crippen LogP contribution in [0.2, 0.25) is 0 Å². The van der Waals surface area contributed by atoms with E-state index in [9.17, 15) is 19.1 Å². The number of anilines is 1. The molecule has 0 saturated carbocycles. The van der Waals surface area contributed by atoms with Crippen molar-refractivity contribution in [1.82, 2.24) is 10.2 Å². The zero-order valence-corrected chi connectivity index (χ0v) is 30.9. The molecule has 1 unspecified atom stereocenters. The van der Waals surface area contributed by atoms with E-state index >= 15 is 0 Å². The van der Waals surface area contributed by atoms with Gasteiger partial charge in [-0.3, -0.25) is 14.5 Å². The van der Waals surface area contributed by atoms with Crippen molar-refractivity contribution in [2.24, 2.45) is 0 Å². The monoisotopic (exact) mass is 759 g/mol. The number of ketones is 1. The standard InChI is InChI=1S/C42H34FN3O6S2/c1-26-10-6-7-13-30(26)24-51-32-19-16-28(17-20-32)38(47)36-37(29-18-21-34(35(22-29)50-2)52-23-27-11-4-3-5-12-27)46(40(49)39(36)48)41-44-45-42(54-41)53-25-31-14-8-9-15-33(31)43/h3-22,37,47H,23-25H2,1-2H3/b38-36+. The minimum absolute atomic E-state index is 0.135. The highest BCUT2D eigenvalue weighted by Gasteiger charge is 2.48. The molecule has 2 heterocycles. The van der Waals surface area contributed by atoms with E-state index < -0.39 is 17.7 Å². The molecule has 1 aliphatic heterocycles. The number of hydrogen-bond acceptors (Lipinski definition) is 10. The van der Waals surface area contributed by atoms with Gasteiger partial charge in [0.05, 0.1) is 18.7 Å². The van der Waals surface area contributed by atoms with Gasteiger partial charge in [-0.15, -0.1) is 10.2 Å². The van der Waals surface area contributed by atoms with E-state index in [1.54, 1.807) is 60.7 Å². The van der Waals surface area contributed by atoms with Crippen molar-refractivity contribution in [2.45, 2.75) is 36.3 Å². The summed E-state index contributed by atoms with van der Waals surface area (Å²) >= 11 is 2.35. The molecule has 1 amide bonds. The minimum Gasteiger partial charge on any atom is -0.507 e. The molecule has 6 aromatic rings. The van der Waals surface area contributed by atoms with Crippen LogP contribution in [-0.2, 0) is 28.6 Å². The Labute approximate surface area is 319 Å². The first-order valence-electron chi connectivity index (χ1n) is 16.9. The lowest BCUT2D eigenvalue weighted by Gasteiger charge is -2.23. The normalized spacial score (nSPS) is 15.0. The summed E-state index contributed by atoms with van der Waals surface area (Å²) in [4.78, 5) is 29.0. The van der Waals surface area contributed by atoms with Crippen LogP contribution in [0, 0.1) is 12.7 Å². The summed E-state index contributed by atoms with van der Waals surface area (Å²) in [6.07, 6.45) is 0. The summed E-state index contributed by atoms with van der Waals surface area (Å²) in [5.74, 6) is -0.813. The number of halogens is 1. The summed E-state index contributed by atoms with van der Waals surface area (Å²) in [5, 5.41) is 20.4. The molecular weight excluding hydrogens is 726 g/mol. The molecule has 7 rings (SSSR count). The zero-order chi connectivity index (χ0) is 37.6. The highest BCUT2D eigenvalue weighted by atomic mass is 32.2. The first-order valence-corrected chi connectivity index (χ1v) is 18.7. The molecule has 9 nitrogen and oxygen atoms in total. The van der Waals surface area contributed by atoms with Crippen molar-refractivity contribution in [3.63, 3.8) is 0 Å². The number of aliphatic hydroxyl groups is 1. The Balaban J connectivity index is 1.22. The SMILES string of the molecule is COc1cc(C2/C(=C(\O)c3ccc(OCc4ccccc4C)cc3)C(=O)C(=O)N2c2nnc(SCc3ccccc3F)s2)ccc1OCc1ccccc1. The van der Waals surface area contributed by atoms with Gasteiger partial charge >= 0.3 is 5.91 Å². The highest BCUT2D eigenvalue weighted by molar-refractivity contribution is 8.00. The van der Waals surface area contributed by atoms with Crippen LogP contribution in [0.4, 0.5) is 9.52 Å². The number of methoxy groups -OCH3 is 1. The number of aromatic nitrogens is 2. The second kappa shape index (κ2) is 16.4. The van der Waals surface area contributed by atoms with Crippen molar-refractivity contribution in [2.75, 3.05) is 12.0 Å². The first kappa shape index (κ1) is 36.4. The molecule has 12 heteroatoms. The summed E-state index contributed by atoms with van der Waals surface area (Å²) in [6.45, 7) is 2.66. The zero-order valence-electron chi connectivity index (χ0n) is 29.3. The van der Waals surface area contributed by atoms with Gasteiger partial charge in [-0.05, 0) is 77.2 Å². The van der Waals surface area contributed by atoms with Gasteiger partial charge in [0.1, 0.15) is 30.5 Å². The average Bonchev–Trinajstić information content (AvgIpc) is 3.77. The van der Waals surface area contributed by atoms with Crippen LogP contribution < -0.4 is 19.1 Å². The number of aryl methyl sites for hydroxylation is 1. The van der Waals surface area contributed by atoms with Crippen LogP contribution in [0.3, 0.4) is 0 Å². The molecular formula is C42H34FN3O6S2. The molecule has 1 aliphatic rings.